The van der Waals surface area contributed by atoms with Crippen LogP contribution >= 0.6 is 11.3 Å². The molecule has 3 amide bonds. The molecule has 0 radical (unpaired) electrons. The van der Waals surface area contributed by atoms with Crippen LogP contribution in [0.25, 0.3) is 0 Å². The monoisotopic (exact) mass is 528 g/mol. The molecule has 1 saturated carbocycles. The Hall–Kier alpha value is -3.60. The molecule has 3 unspecified atom stereocenters. The van der Waals surface area contributed by atoms with Crippen LogP contribution in [0.3, 0.4) is 0 Å². The summed E-state index contributed by atoms with van der Waals surface area (Å²) >= 11 is 1.38. The van der Waals surface area contributed by atoms with Gasteiger partial charge in [-0.25, -0.2) is 4.79 Å². The average Bonchev–Trinajstić information content (AvgIpc) is 3.58. The van der Waals surface area contributed by atoms with Crippen LogP contribution in [0, 0.1) is 5.92 Å². The maximum atomic E-state index is 13.2. The number of rotatable bonds is 8. The van der Waals surface area contributed by atoms with Crippen molar-refractivity contribution in [3.8, 4) is 0 Å². The minimum atomic E-state index is -1.01. The number of ether oxygens (including phenoxy) is 1. The molecule has 0 bridgehead atoms. The third kappa shape index (κ3) is 6.22. The summed E-state index contributed by atoms with van der Waals surface area (Å²) in [6.45, 7) is 4.90. The molecule has 0 spiro atoms. The van der Waals surface area contributed by atoms with E-state index in [9.17, 15) is 24.3 Å². The topological polar surface area (TPSA) is 128 Å². The second kappa shape index (κ2) is 11.2. The van der Waals surface area contributed by atoms with E-state index in [1.54, 1.807) is 29.2 Å². The second-order valence-corrected chi connectivity index (χ2v) is 10.6. The molecule has 198 valence electrons. The zero-order valence-corrected chi connectivity index (χ0v) is 21.9. The highest BCUT2D eigenvalue weighted by molar-refractivity contribution is 7.10. The number of benzene rings is 1. The van der Waals surface area contributed by atoms with E-state index < -0.39 is 17.9 Å². The number of carboxylic acids is 1. The molecule has 11 heteroatoms. The normalized spacial score (nSPS) is 20.2. The zero-order chi connectivity index (χ0) is 26.7. The minimum absolute atomic E-state index is 0.0309. The Kier molecular flexibility index (Phi) is 8.01. The Balaban J connectivity index is 1.60. The Morgan fingerprint density at radius 2 is 1.89 bits per heavy atom. The van der Waals surface area contributed by atoms with Crippen LogP contribution in [0.5, 0.6) is 0 Å². The van der Waals surface area contributed by atoms with Crippen LogP contribution < -0.4 is 15.5 Å². The lowest BCUT2D eigenvalue weighted by atomic mass is 10.0. The van der Waals surface area contributed by atoms with Gasteiger partial charge in [0, 0.05) is 41.5 Å². The first kappa shape index (κ1) is 26.5. The summed E-state index contributed by atoms with van der Waals surface area (Å²) in [5.74, 6) is -1.56. The van der Waals surface area contributed by atoms with Crippen molar-refractivity contribution in [3.05, 3.63) is 46.2 Å². The molecule has 3 N–H and O–H groups in total. The number of carboxylic acid groups (broad SMARTS) is 1. The lowest BCUT2D eigenvalue weighted by Crippen LogP contribution is -2.58. The van der Waals surface area contributed by atoms with Crippen LogP contribution in [0.15, 0.2) is 35.7 Å². The number of carbonyl (C=O) groups excluding carboxylic acids is 3. The van der Waals surface area contributed by atoms with Crippen LogP contribution in [0.1, 0.15) is 54.4 Å². The number of hydrogen-bond donors (Lipinski definition) is 3. The van der Waals surface area contributed by atoms with Crippen molar-refractivity contribution >= 4 is 46.6 Å². The molecule has 1 saturated heterocycles. The van der Waals surface area contributed by atoms with Crippen molar-refractivity contribution < 1.29 is 29.0 Å². The molecule has 37 heavy (non-hydrogen) atoms. The van der Waals surface area contributed by atoms with Crippen LogP contribution in [-0.4, -0.2) is 66.2 Å². The summed E-state index contributed by atoms with van der Waals surface area (Å²) in [5.41, 5.74) is 1.59. The standard InChI is InChI=1S/C26H32N4O6S/c1-15-14-30(26(35)36-3)16(2)13-29(15)21-9-8-18(11-19(21)27-24(33)17-6-7-17)25(34)28-20(12-23(31)32)22-5-4-10-37-22/h4-5,8-11,15-17,20H,6-7,12-14H2,1-3H3,(H,27,33)(H,28,34)(H,31,32). The summed E-state index contributed by atoms with van der Waals surface area (Å²) in [6, 6.07) is 7.86. The van der Waals surface area contributed by atoms with E-state index in [2.05, 4.69) is 15.5 Å². The van der Waals surface area contributed by atoms with Crippen LogP contribution in [-0.2, 0) is 14.3 Å². The highest BCUT2D eigenvalue weighted by atomic mass is 32.1. The molecule has 1 aromatic carbocycles. The van der Waals surface area contributed by atoms with Gasteiger partial charge in [-0.3, -0.25) is 14.4 Å². The van der Waals surface area contributed by atoms with Crippen molar-refractivity contribution in [1.29, 1.82) is 0 Å². The lowest BCUT2D eigenvalue weighted by Gasteiger charge is -2.45. The van der Waals surface area contributed by atoms with Crippen molar-refractivity contribution in [3.63, 3.8) is 0 Å². The first-order valence-corrected chi connectivity index (χ1v) is 13.2. The quantitative estimate of drug-likeness (QED) is 0.477. The van der Waals surface area contributed by atoms with Gasteiger partial charge in [0.15, 0.2) is 0 Å². The van der Waals surface area contributed by atoms with Gasteiger partial charge in [0.25, 0.3) is 5.91 Å². The number of nitrogens with zero attached hydrogens (tertiary/aromatic N) is 2. The predicted molar refractivity (Wildman–Crippen MR) is 140 cm³/mol. The Morgan fingerprint density at radius 3 is 2.51 bits per heavy atom. The number of amides is 3. The Bertz CT molecular complexity index is 1170. The van der Waals surface area contributed by atoms with Gasteiger partial charge in [-0.1, -0.05) is 6.07 Å². The molecule has 1 aliphatic carbocycles. The van der Waals surface area contributed by atoms with Crippen LogP contribution in [0.4, 0.5) is 16.2 Å². The molecular formula is C26H32N4O6S. The molecule has 1 aromatic heterocycles. The molecule has 4 rings (SSSR count). The van der Waals surface area contributed by atoms with Gasteiger partial charge in [-0.2, -0.15) is 0 Å². The Labute approximate surface area is 219 Å². The number of anilines is 2. The molecule has 3 atom stereocenters. The first-order valence-electron chi connectivity index (χ1n) is 12.3. The van der Waals surface area contributed by atoms with E-state index in [1.165, 1.54) is 18.4 Å². The molecule has 10 nitrogen and oxygen atoms in total. The largest absolute Gasteiger partial charge is 0.481 e. The van der Waals surface area contributed by atoms with Crippen LogP contribution in [0.2, 0.25) is 0 Å². The van der Waals surface area contributed by atoms with Crippen molar-refractivity contribution in [1.82, 2.24) is 10.2 Å². The van der Waals surface area contributed by atoms with E-state index >= 15 is 0 Å². The number of aliphatic carboxylic acids is 1. The van der Waals surface area contributed by atoms with E-state index in [4.69, 9.17) is 4.74 Å². The predicted octanol–water partition coefficient (Wildman–Crippen LogP) is 3.71. The maximum absolute atomic E-state index is 13.2. The van der Waals surface area contributed by atoms with Crippen molar-refractivity contribution in [2.24, 2.45) is 5.92 Å². The van der Waals surface area contributed by atoms with E-state index in [-0.39, 0.29) is 36.4 Å². The van der Waals surface area contributed by atoms with Gasteiger partial charge < -0.3 is 30.3 Å². The summed E-state index contributed by atoms with van der Waals surface area (Å²) in [7, 11) is 1.36. The number of nitrogens with one attached hydrogen (secondary N) is 2. The lowest BCUT2D eigenvalue weighted by molar-refractivity contribution is -0.137. The van der Waals surface area contributed by atoms with E-state index in [1.807, 2.05) is 25.3 Å². The van der Waals surface area contributed by atoms with Gasteiger partial charge in [0.2, 0.25) is 5.91 Å². The number of carbonyl (C=O) groups is 4. The van der Waals surface area contributed by atoms with Gasteiger partial charge in [0.1, 0.15) is 0 Å². The molecule has 1 aliphatic heterocycles. The fraction of sp³-hybridized carbons (Fsp3) is 0.462. The maximum Gasteiger partial charge on any atom is 0.409 e. The first-order chi connectivity index (χ1) is 17.7. The summed E-state index contributed by atoms with van der Waals surface area (Å²) in [4.78, 5) is 54.0. The minimum Gasteiger partial charge on any atom is -0.481 e. The number of piperazine rings is 1. The third-order valence-corrected chi connectivity index (χ3v) is 7.73. The van der Waals surface area contributed by atoms with Crippen molar-refractivity contribution in [2.75, 3.05) is 30.4 Å². The average molecular weight is 529 g/mol. The number of hydrogen-bond acceptors (Lipinski definition) is 7. The van der Waals surface area contributed by atoms with Gasteiger partial charge in [-0.05, 0) is 56.3 Å². The summed E-state index contributed by atoms with van der Waals surface area (Å²) in [6.07, 6.45) is 1.05. The SMILES string of the molecule is COC(=O)N1CC(C)N(c2ccc(C(=O)NC(CC(=O)O)c3cccs3)cc2NC(=O)C2CC2)CC1C. The number of thiophene rings is 1. The third-order valence-electron chi connectivity index (χ3n) is 6.74. The van der Waals surface area contributed by atoms with Gasteiger partial charge in [-0.15, -0.1) is 11.3 Å². The van der Waals surface area contributed by atoms with E-state index in [0.717, 1.165) is 23.4 Å². The molecule has 2 heterocycles. The second-order valence-electron chi connectivity index (χ2n) is 9.61. The summed E-state index contributed by atoms with van der Waals surface area (Å²) < 4.78 is 4.91. The number of methoxy groups -OCH3 is 1. The zero-order valence-electron chi connectivity index (χ0n) is 21.1. The molecule has 2 aromatic rings. The molecular weight excluding hydrogens is 496 g/mol. The van der Waals surface area contributed by atoms with Gasteiger partial charge >= 0.3 is 12.1 Å². The van der Waals surface area contributed by atoms with E-state index in [0.29, 0.717) is 24.3 Å². The fourth-order valence-corrected chi connectivity index (χ4v) is 5.35. The highest BCUT2D eigenvalue weighted by Gasteiger charge is 2.35. The summed E-state index contributed by atoms with van der Waals surface area (Å²) in [5, 5.41) is 17.0. The molecule has 2 fully saturated rings. The smallest absolute Gasteiger partial charge is 0.409 e. The fourth-order valence-electron chi connectivity index (χ4n) is 4.57. The molecule has 2 aliphatic rings. The van der Waals surface area contributed by atoms with Gasteiger partial charge in [0.05, 0.1) is 30.9 Å². The van der Waals surface area contributed by atoms with Crippen molar-refractivity contribution in [2.45, 2.75) is 51.2 Å². The highest BCUT2D eigenvalue weighted by Crippen LogP contribution is 2.35. The Morgan fingerprint density at radius 1 is 1.14 bits per heavy atom.